The van der Waals surface area contributed by atoms with Gasteiger partial charge in [0.1, 0.15) is 11.0 Å². The van der Waals surface area contributed by atoms with Crippen LogP contribution >= 0.6 is 34.8 Å². The average Bonchev–Trinajstić information content (AvgIpc) is 2.74. The highest BCUT2D eigenvalue weighted by Crippen LogP contribution is 2.25. The van der Waals surface area contributed by atoms with Crippen LogP contribution in [-0.4, -0.2) is 19.9 Å². The molecule has 2 heterocycles. The Bertz CT molecular complexity index is 770. The zero-order valence-electron chi connectivity index (χ0n) is 18.9. The predicted octanol–water partition coefficient (Wildman–Crippen LogP) is 9.18. The summed E-state index contributed by atoms with van der Waals surface area (Å²) in [6, 6.07) is 0. The Morgan fingerprint density at radius 3 is 1.42 bits per heavy atom. The lowest BCUT2D eigenvalue weighted by molar-refractivity contribution is 0.529. The summed E-state index contributed by atoms with van der Waals surface area (Å²) >= 11 is 18.1. The van der Waals surface area contributed by atoms with Crippen LogP contribution in [0, 0.1) is 0 Å². The van der Waals surface area contributed by atoms with E-state index < -0.39 is 0 Å². The van der Waals surface area contributed by atoms with Crippen molar-refractivity contribution in [1.29, 1.82) is 0 Å². The first-order valence-corrected chi connectivity index (χ1v) is 13.3. The van der Waals surface area contributed by atoms with Crippen LogP contribution in [0.5, 0.6) is 0 Å². The fraction of sp³-hybridized carbons (Fsp3) is 0.750. The number of aromatic nitrogens is 4. The molecule has 0 aliphatic carbocycles. The van der Waals surface area contributed by atoms with E-state index in [-0.39, 0.29) is 15.7 Å². The Balaban J connectivity index is 1.50. The maximum atomic E-state index is 6.12. The Hall–Kier alpha value is -0.710. The lowest BCUT2D eigenvalue weighted by Gasteiger charge is -2.07. The number of fused-ring (bicyclic) bond motifs is 1. The quantitative estimate of drug-likeness (QED) is 0.127. The number of hydrogen-bond acceptors (Lipinski definition) is 4. The second-order valence-corrected chi connectivity index (χ2v) is 9.51. The molecule has 0 N–H and O–H groups in total. The topological polar surface area (TPSA) is 51.6 Å². The van der Waals surface area contributed by atoms with Gasteiger partial charge in [-0.2, -0.15) is 0 Å². The van der Waals surface area contributed by atoms with Gasteiger partial charge in [-0.25, -0.2) is 19.9 Å². The summed E-state index contributed by atoms with van der Waals surface area (Å²) in [7, 11) is 0. The molecule has 174 valence electrons. The minimum atomic E-state index is 0.108. The van der Waals surface area contributed by atoms with E-state index in [4.69, 9.17) is 34.8 Å². The zero-order chi connectivity index (χ0) is 22.3. The van der Waals surface area contributed by atoms with Crippen LogP contribution < -0.4 is 0 Å². The van der Waals surface area contributed by atoms with Crippen molar-refractivity contribution in [1.82, 2.24) is 19.9 Å². The van der Waals surface area contributed by atoms with Gasteiger partial charge in [-0.3, -0.25) is 0 Å². The minimum Gasteiger partial charge on any atom is -0.221 e. The van der Waals surface area contributed by atoms with Crippen molar-refractivity contribution in [3.8, 4) is 0 Å². The monoisotopic (exact) mass is 486 g/mol. The van der Waals surface area contributed by atoms with E-state index in [0.717, 1.165) is 18.5 Å². The molecule has 0 atom stereocenters. The summed E-state index contributed by atoms with van der Waals surface area (Å²) in [6.45, 7) is 2.28. The molecule has 2 aromatic heterocycles. The van der Waals surface area contributed by atoms with Gasteiger partial charge < -0.3 is 0 Å². The van der Waals surface area contributed by atoms with Crippen molar-refractivity contribution in [3.63, 3.8) is 0 Å². The third-order valence-electron chi connectivity index (χ3n) is 5.79. The average molecular weight is 488 g/mol. The summed E-state index contributed by atoms with van der Waals surface area (Å²) in [5.74, 6) is 0. The van der Waals surface area contributed by atoms with Gasteiger partial charge in [0.25, 0.3) is 0 Å². The zero-order valence-corrected chi connectivity index (χ0v) is 21.2. The molecule has 0 radical (unpaired) electrons. The lowest BCUT2D eigenvalue weighted by atomic mass is 10.0. The van der Waals surface area contributed by atoms with Gasteiger partial charge in [0, 0.05) is 0 Å². The molecule has 0 aromatic carbocycles. The van der Waals surface area contributed by atoms with Crippen LogP contribution in [0.25, 0.3) is 11.0 Å². The Labute approximate surface area is 202 Å². The molecule has 0 aliphatic rings. The lowest BCUT2D eigenvalue weighted by Crippen LogP contribution is -2.00. The van der Waals surface area contributed by atoms with Crippen LogP contribution in [0.4, 0.5) is 0 Å². The second-order valence-electron chi connectivity index (χ2n) is 8.47. The molecular weight excluding hydrogens is 451 g/mol. The number of halogens is 3. The van der Waals surface area contributed by atoms with E-state index in [2.05, 4.69) is 26.9 Å². The van der Waals surface area contributed by atoms with Crippen LogP contribution in [-0.2, 0) is 6.42 Å². The Morgan fingerprint density at radius 1 is 0.484 bits per heavy atom. The largest absolute Gasteiger partial charge is 0.224 e. The normalized spacial score (nSPS) is 11.5. The van der Waals surface area contributed by atoms with Crippen molar-refractivity contribution in [2.45, 2.75) is 116 Å². The number of unbranched alkanes of at least 4 members (excludes halogenated alkanes) is 15. The summed E-state index contributed by atoms with van der Waals surface area (Å²) < 4.78 is 0. The van der Waals surface area contributed by atoms with Crippen molar-refractivity contribution < 1.29 is 0 Å². The van der Waals surface area contributed by atoms with Crippen molar-refractivity contribution in [3.05, 3.63) is 21.4 Å². The van der Waals surface area contributed by atoms with E-state index in [9.17, 15) is 0 Å². The SMILES string of the molecule is CCCCCCCCCCCCCCCCCCc1nc(Cl)nc2c(Cl)nc(Cl)nc12. The van der Waals surface area contributed by atoms with E-state index in [0.29, 0.717) is 11.0 Å². The first-order chi connectivity index (χ1) is 15.1. The molecule has 0 spiro atoms. The number of aryl methyl sites for hydroxylation is 1. The van der Waals surface area contributed by atoms with E-state index in [1.165, 1.54) is 96.3 Å². The Kier molecular flexibility index (Phi) is 13.7. The van der Waals surface area contributed by atoms with Crippen molar-refractivity contribution in [2.75, 3.05) is 0 Å². The highest BCUT2D eigenvalue weighted by molar-refractivity contribution is 6.35. The molecule has 0 bridgehead atoms. The first kappa shape index (κ1) is 26.5. The first-order valence-electron chi connectivity index (χ1n) is 12.2. The van der Waals surface area contributed by atoms with E-state index in [1.807, 2.05) is 0 Å². The van der Waals surface area contributed by atoms with E-state index >= 15 is 0 Å². The maximum absolute atomic E-state index is 6.12. The van der Waals surface area contributed by atoms with Gasteiger partial charge in [0.15, 0.2) is 5.15 Å². The van der Waals surface area contributed by atoms with Gasteiger partial charge in [0.2, 0.25) is 10.6 Å². The molecule has 7 heteroatoms. The van der Waals surface area contributed by atoms with Crippen LogP contribution in [0.3, 0.4) is 0 Å². The molecule has 0 unspecified atom stereocenters. The summed E-state index contributed by atoms with van der Waals surface area (Å²) in [4.78, 5) is 16.7. The smallest absolute Gasteiger partial charge is 0.221 e. The highest BCUT2D eigenvalue weighted by atomic mass is 35.5. The third kappa shape index (κ3) is 10.6. The second kappa shape index (κ2) is 16.0. The standard InChI is InChI=1S/C24H37Cl3N4/c1-2-3-4-5-6-7-8-9-10-11-12-13-14-15-16-17-18-19-20-21(30-23(26)28-19)22(25)31-24(27)29-20/h2-18H2,1H3. The van der Waals surface area contributed by atoms with Crippen LogP contribution in [0.2, 0.25) is 15.7 Å². The molecule has 2 aromatic rings. The molecule has 0 aliphatic heterocycles. The highest BCUT2D eigenvalue weighted by Gasteiger charge is 2.13. The molecule has 0 saturated carbocycles. The van der Waals surface area contributed by atoms with Gasteiger partial charge in [-0.15, -0.1) is 0 Å². The fourth-order valence-electron chi connectivity index (χ4n) is 4.00. The molecule has 2 rings (SSSR count). The summed E-state index contributed by atoms with van der Waals surface area (Å²) in [6.07, 6.45) is 22.4. The fourth-order valence-corrected chi connectivity index (χ4v) is 4.61. The van der Waals surface area contributed by atoms with Crippen LogP contribution in [0.15, 0.2) is 0 Å². The summed E-state index contributed by atoms with van der Waals surface area (Å²) in [5, 5.41) is 0.496. The van der Waals surface area contributed by atoms with Crippen molar-refractivity contribution >= 4 is 45.8 Å². The van der Waals surface area contributed by atoms with Crippen LogP contribution in [0.1, 0.15) is 115 Å². The van der Waals surface area contributed by atoms with Gasteiger partial charge in [-0.05, 0) is 36.0 Å². The molecule has 0 saturated heterocycles. The molecule has 31 heavy (non-hydrogen) atoms. The molecule has 4 nitrogen and oxygen atoms in total. The number of hydrogen-bond donors (Lipinski definition) is 0. The van der Waals surface area contributed by atoms with Gasteiger partial charge in [0.05, 0.1) is 5.69 Å². The van der Waals surface area contributed by atoms with Gasteiger partial charge in [-0.1, -0.05) is 115 Å². The number of nitrogens with zero attached hydrogens (tertiary/aromatic N) is 4. The van der Waals surface area contributed by atoms with Crippen molar-refractivity contribution in [2.24, 2.45) is 0 Å². The maximum Gasteiger partial charge on any atom is 0.224 e. The molecule has 0 amide bonds. The number of rotatable bonds is 17. The molecular formula is C24H37Cl3N4. The van der Waals surface area contributed by atoms with Gasteiger partial charge >= 0.3 is 0 Å². The summed E-state index contributed by atoms with van der Waals surface area (Å²) in [5.41, 5.74) is 1.87. The molecule has 0 fully saturated rings. The van der Waals surface area contributed by atoms with E-state index in [1.54, 1.807) is 0 Å². The Morgan fingerprint density at radius 2 is 0.903 bits per heavy atom. The minimum absolute atomic E-state index is 0.108. The predicted molar refractivity (Wildman–Crippen MR) is 133 cm³/mol. The third-order valence-corrected chi connectivity index (χ3v) is 6.39.